The quantitative estimate of drug-likeness (QED) is 0.818. The highest BCUT2D eigenvalue weighted by molar-refractivity contribution is 5.93. The first-order valence-electron chi connectivity index (χ1n) is 10.5. The first kappa shape index (κ1) is 17.8. The van der Waals surface area contributed by atoms with Gasteiger partial charge in [0.15, 0.2) is 0 Å². The highest BCUT2D eigenvalue weighted by Gasteiger charge is 2.31. The number of rotatable bonds is 3. The van der Waals surface area contributed by atoms with Crippen molar-refractivity contribution in [2.45, 2.75) is 57.5 Å². The second-order valence-electron chi connectivity index (χ2n) is 8.55. The molecule has 148 valence electrons. The van der Waals surface area contributed by atoms with Crippen LogP contribution in [0.3, 0.4) is 0 Å². The van der Waals surface area contributed by atoms with Crippen LogP contribution in [0.5, 0.6) is 0 Å². The van der Waals surface area contributed by atoms with Crippen LogP contribution in [0.1, 0.15) is 70.9 Å². The number of amides is 1. The fourth-order valence-electron chi connectivity index (χ4n) is 4.54. The Morgan fingerprint density at radius 1 is 1.00 bits per heavy atom. The SMILES string of the molecule is Cc1nc(C2CCN(C)CC2)c2n1CCN(C(=O)c1cnc(C3CC3)nc1)C2. The van der Waals surface area contributed by atoms with Crippen molar-refractivity contribution in [1.82, 2.24) is 29.3 Å². The molecule has 2 fully saturated rings. The fourth-order valence-corrected chi connectivity index (χ4v) is 4.54. The third-order valence-corrected chi connectivity index (χ3v) is 6.48. The normalized spacial score (nSPS) is 21.0. The number of hydrogen-bond donors (Lipinski definition) is 0. The van der Waals surface area contributed by atoms with Gasteiger partial charge >= 0.3 is 0 Å². The summed E-state index contributed by atoms with van der Waals surface area (Å²) >= 11 is 0. The standard InChI is InChI=1S/C21H28N6O/c1-14-24-19(15-5-7-25(2)8-6-15)18-13-26(9-10-27(14)18)21(28)17-11-22-20(23-12-17)16-3-4-16/h11-12,15-16H,3-10,13H2,1-2H3. The molecule has 0 unspecified atom stereocenters. The van der Waals surface area contributed by atoms with Crippen molar-refractivity contribution < 1.29 is 4.79 Å². The summed E-state index contributed by atoms with van der Waals surface area (Å²) in [6.07, 6.45) is 8.04. The van der Waals surface area contributed by atoms with E-state index in [1.807, 2.05) is 4.90 Å². The predicted octanol–water partition coefficient (Wildman–Crippen LogP) is 2.32. The van der Waals surface area contributed by atoms with Crippen LogP contribution in [0.2, 0.25) is 0 Å². The zero-order chi connectivity index (χ0) is 19.3. The summed E-state index contributed by atoms with van der Waals surface area (Å²) in [6.45, 7) is 6.47. The Hall–Kier alpha value is -2.28. The maximum Gasteiger partial charge on any atom is 0.257 e. The Kier molecular flexibility index (Phi) is 4.42. The zero-order valence-electron chi connectivity index (χ0n) is 16.8. The molecule has 1 aliphatic carbocycles. The van der Waals surface area contributed by atoms with Gasteiger partial charge in [-0.2, -0.15) is 0 Å². The molecule has 0 bridgehead atoms. The number of carbonyl (C=O) groups excluding carboxylic acids is 1. The van der Waals surface area contributed by atoms with Gasteiger partial charge in [-0.25, -0.2) is 15.0 Å². The number of imidazole rings is 1. The lowest BCUT2D eigenvalue weighted by atomic mass is 9.92. The second-order valence-corrected chi connectivity index (χ2v) is 8.55. The maximum atomic E-state index is 13.1. The predicted molar refractivity (Wildman–Crippen MR) is 105 cm³/mol. The number of fused-ring (bicyclic) bond motifs is 1. The van der Waals surface area contributed by atoms with E-state index in [0.717, 1.165) is 44.1 Å². The Labute approximate surface area is 165 Å². The van der Waals surface area contributed by atoms with Crippen molar-refractivity contribution in [2.75, 3.05) is 26.7 Å². The largest absolute Gasteiger partial charge is 0.331 e. The van der Waals surface area contributed by atoms with Crippen molar-refractivity contribution in [3.8, 4) is 0 Å². The van der Waals surface area contributed by atoms with Gasteiger partial charge in [0.1, 0.15) is 11.6 Å². The first-order valence-corrected chi connectivity index (χ1v) is 10.5. The minimum Gasteiger partial charge on any atom is -0.331 e. The molecule has 3 aliphatic rings. The number of aryl methyl sites for hydroxylation is 1. The number of hydrogen-bond acceptors (Lipinski definition) is 5. The van der Waals surface area contributed by atoms with Crippen LogP contribution in [-0.4, -0.2) is 61.9 Å². The van der Waals surface area contributed by atoms with Crippen molar-refractivity contribution >= 4 is 5.91 Å². The molecule has 5 rings (SSSR count). The van der Waals surface area contributed by atoms with E-state index in [0.29, 0.717) is 30.5 Å². The highest BCUT2D eigenvalue weighted by atomic mass is 16.2. The Morgan fingerprint density at radius 2 is 1.71 bits per heavy atom. The van der Waals surface area contributed by atoms with Gasteiger partial charge in [-0.1, -0.05) is 0 Å². The third kappa shape index (κ3) is 3.21. The lowest BCUT2D eigenvalue weighted by Gasteiger charge is -2.32. The monoisotopic (exact) mass is 380 g/mol. The zero-order valence-corrected chi connectivity index (χ0v) is 16.8. The molecule has 4 heterocycles. The summed E-state index contributed by atoms with van der Waals surface area (Å²) in [5, 5.41) is 0. The molecule has 0 spiro atoms. The van der Waals surface area contributed by atoms with Crippen LogP contribution in [0.25, 0.3) is 0 Å². The van der Waals surface area contributed by atoms with E-state index in [2.05, 4.69) is 33.4 Å². The Morgan fingerprint density at radius 3 is 2.39 bits per heavy atom. The van der Waals surface area contributed by atoms with Crippen LogP contribution in [0, 0.1) is 6.92 Å². The van der Waals surface area contributed by atoms with Gasteiger partial charge in [0.2, 0.25) is 0 Å². The average molecular weight is 380 g/mol. The maximum absolute atomic E-state index is 13.1. The second kappa shape index (κ2) is 6.95. The van der Waals surface area contributed by atoms with Gasteiger partial charge in [0, 0.05) is 37.3 Å². The van der Waals surface area contributed by atoms with Gasteiger partial charge in [-0.05, 0) is 52.7 Å². The molecule has 7 nitrogen and oxygen atoms in total. The molecule has 0 aromatic carbocycles. The first-order chi connectivity index (χ1) is 13.6. The molecule has 2 aromatic heterocycles. The highest BCUT2D eigenvalue weighted by Crippen LogP contribution is 2.37. The van der Waals surface area contributed by atoms with Crippen LogP contribution in [0.4, 0.5) is 0 Å². The summed E-state index contributed by atoms with van der Waals surface area (Å²) in [5.41, 5.74) is 3.03. The van der Waals surface area contributed by atoms with E-state index in [4.69, 9.17) is 4.98 Å². The lowest BCUT2D eigenvalue weighted by molar-refractivity contribution is 0.0708. The lowest BCUT2D eigenvalue weighted by Crippen LogP contribution is -2.39. The van der Waals surface area contributed by atoms with Gasteiger partial charge in [-0.3, -0.25) is 4.79 Å². The number of aromatic nitrogens is 4. The molecule has 1 saturated heterocycles. The summed E-state index contributed by atoms with van der Waals surface area (Å²) in [4.78, 5) is 31.1. The summed E-state index contributed by atoms with van der Waals surface area (Å²) in [6, 6.07) is 0. The Balaban J connectivity index is 1.35. The van der Waals surface area contributed by atoms with Crippen molar-refractivity contribution in [3.05, 3.63) is 41.0 Å². The minimum atomic E-state index is 0.0294. The molecule has 1 amide bonds. The molecule has 28 heavy (non-hydrogen) atoms. The smallest absolute Gasteiger partial charge is 0.257 e. The van der Waals surface area contributed by atoms with E-state index >= 15 is 0 Å². The summed E-state index contributed by atoms with van der Waals surface area (Å²) < 4.78 is 2.31. The summed E-state index contributed by atoms with van der Waals surface area (Å²) in [5.74, 6) is 3.00. The van der Waals surface area contributed by atoms with Gasteiger partial charge in [0.05, 0.1) is 23.5 Å². The van der Waals surface area contributed by atoms with Crippen LogP contribution < -0.4 is 0 Å². The van der Waals surface area contributed by atoms with E-state index in [1.54, 1.807) is 12.4 Å². The number of piperidine rings is 1. The molecule has 7 heteroatoms. The number of carbonyl (C=O) groups is 1. The van der Waals surface area contributed by atoms with E-state index in [1.165, 1.54) is 24.2 Å². The third-order valence-electron chi connectivity index (χ3n) is 6.48. The molecule has 2 aromatic rings. The molecule has 1 saturated carbocycles. The fraction of sp³-hybridized carbons (Fsp3) is 0.619. The number of nitrogens with zero attached hydrogens (tertiary/aromatic N) is 6. The molecule has 0 radical (unpaired) electrons. The molecule has 2 aliphatic heterocycles. The van der Waals surface area contributed by atoms with Crippen LogP contribution in [0.15, 0.2) is 12.4 Å². The van der Waals surface area contributed by atoms with E-state index in [-0.39, 0.29) is 5.91 Å². The Bertz CT molecular complexity index is 877. The van der Waals surface area contributed by atoms with Crippen molar-refractivity contribution in [1.29, 1.82) is 0 Å². The van der Waals surface area contributed by atoms with E-state index in [9.17, 15) is 4.79 Å². The number of likely N-dealkylation sites (tertiary alicyclic amines) is 1. The molecular weight excluding hydrogens is 352 g/mol. The van der Waals surface area contributed by atoms with Gasteiger partial charge in [0.25, 0.3) is 5.91 Å². The average Bonchev–Trinajstić information content (AvgIpc) is 3.52. The van der Waals surface area contributed by atoms with Crippen LogP contribution in [-0.2, 0) is 13.1 Å². The van der Waals surface area contributed by atoms with Crippen molar-refractivity contribution in [3.63, 3.8) is 0 Å². The molecule has 0 N–H and O–H groups in total. The van der Waals surface area contributed by atoms with E-state index < -0.39 is 0 Å². The van der Waals surface area contributed by atoms with Gasteiger partial charge < -0.3 is 14.4 Å². The van der Waals surface area contributed by atoms with Gasteiger partial charge in [-0.15, -0.1) is 0 Å². The van der Waals surface area contributed by atoms with Crippen LogP contribution >= 0.6 is 0 Å². The summed E-state index contributed by atoms with van der Waals surface area (Å²) in [7, 11) is 2.18. The topological polar surface area (TPSA) is 67.2 Å². The molecular formula is C21H28N6O. The molecule has 0 atom stereocenters. The minimum absolute atomic E-state index is 0.0294. The van der Waals surface area contributed by atoms with Crippen molar-refractivity contribution in [2.24, 2.45) is 0 Å².